The maximum atomic E-state index is 12.5. The SMILES string of the molecule is CC(C)(C)OC(=O)Nc1ccncc1CF. The van der Waals surface area contributed by atoms with Gasteiger partial charge >= 0.3 is 6.09 Å². The second-order valence-electron chi connectivity index (χ2n) is 4.29. The minimum Gasteiger partial charge on any atom is -0.444 e. The van der Waals surface area contributed by atoms with E-state index in [-0.39, 0.29) is 0 Å². The van der Waals surface area contributed by atoms with Gasteiger partial charge in [0.2, 0.25) is 0 Å². The van der Waals surface area contributed by atoms with Crippen LogP contribution in [0.5, 0.6) is 0 Å². The number of anilines is 1. The van der Waals surface area contributed by atoms with Crippen molar-refractivity contribution in [2.45, 2.75) is 33.0 Å². The zero-order valence-corrected chi connectivity index (χ0v) is 9.58. The topological polar surface area (TPSA) is 51.2 Å². The van der Waals surface area contributed by atoms with Crippen LogP contribution in [0.3, 0.4) is 0 Å². The van der Waals surface area contributed by atoms with E-state index in [4.69, 9.17) is 4.74 Å². The summed E-state index contributed by atoms with van der Waals surface area (Å²) in [4.78, 5) is 15.2. The lowest BCUT2D eigenvalue weighted by Gasteiger charge is -2.20. The van der Waals surface area contributed by atoms with Crippen LogP contribution < -0.4 is 5.32 Å². The highest BCUT2D eigenvalue weighted by atomic mass is 19.1. The summed E-state index contributed by atoms with van der Waals surface area (Å²) in [6.45, 7) is 4.60. The van der Waals surface area contributed by atoms with E-state index in [0.29, 0.717) is 11.3 Å². The highest BCUT2D eigenvalue weighted by Gasteiger charge is 2.16. The third-order valence-electron chi connectivity index (χ3n) is 1.68. The summed E-state index contributed by atoms with van der Waals surface area (Å²) in [5.41, 5.74) is 0.132. The molecule has 0 bridgehead atoms. The molecule has 0 atom stereocenters. The first kappa shape index (κ1) is 12.4. The predicted molar refractivity (Wildman–Crippen MR) is 58.9 cm³/mol. The first-order chi connectivity index (χ1) is 7.42. The Bertz CT molecular complexity index is 374. The van der Waals surface area contributed by atoms with Crippen LogP contribution in [0.4, 0.5) is 14.9 Å². The molecule has 1 N–H and O–H groups in total. The van der Waals surface area contributed by atoms with E-state index in [0.717, 1.165) is 0 Å². The van der Waals surface area contributed by atoms with Crippen LogP contribution in [0.2, 0.25) is 0 Å². The summed E-state index contributed by atoms with van der Waals surface area (Å²) in [6, 6.07) is 1.53. The Kier molecular flexibility index (Phi) is 3.82. The summed E-state index contributed by atoms with van der Waals surface area (Å²) < 4.78 is 17.6. The number of pyridine rings is 1. The molecule has 0 aromatic carbocycles. The first-order valence-electron chi connectivity index (χ1n) is 4.91. The molecule has 16 heavy (non-hydrogen) atoms. The minimum atomic E-state index is -0.682. The smallest absolute Gasteiger partial charge is 0.412 e. The van der Waals surface area contributed by atoms with Gasteiger partial charge < -0.3 is 4.74 Å². The van der Waals surface area contributed by atoms with Crippen molar-refractivity contribution in [3.05, 3.63) is 24.0 Å². The Labute approximate surface area is 93.8 Å². The number of aromatic nitrogens is 1. The molecule has 4 nitrogen and oxygen atoms in total. The molecule has 0 aliphatic rings. The van der Waals surface area contributed by atoms with Gasteiger partial charge in [0.25, 0.3) is 0 Å². The molecule has 0 saturated carbocycles. The summed E-state index contributed by atoms with van der Waals surface area (Å²) in [5, 5.41) is 2.48. The normalized spacial score (nSPS) is 11.0. The monoisotopic (exact) mass is 226 g/mol. The van der Waals surface area contributed by atoms with Gasteiger partial charge in [-0.1, -0.05) is 0 Å². The van der Waals surface area contributed by atoms with Crippen LogP contribution in [0.15, 0.2) is 18.5 Å². The zero-order chi connectivity index (χ0) is 12.2. The van der Waals surface area contributed by atoms with E-state index >= 15 is 0 Å². The second kappa shape index (κ2) is 4.92. The van der Waals surface area contributed by atoms with E-state index < -0.39 is 18.4 Å². The third kappa shape index (κ3) is 3.84. The molecule has 0 spiro atoms. The number of carbonyl (C=O) groups excluding carboxylic acids is 1. The summed E-state index contributed by atoms with van der Waals surface area (Å²) in [7, 11) is 0. The van der Waals surface area contributed by atoms with Crippen molar-refractivity contribution in [3.8, 4) is 0 Å². The molecule has 0 unspecified atom stereocenters. The highest BCUT2D eigenvalue weighted by Crippen LogP contribution is 2.16. The lowest BCUT2D eigenvalue weighted by molar-refractivity contribution is 0.0635. The molecule has 1 heterocycles. The van der Waals surface area contributed by atoms with Crippen molar-refractivity contribution >= 4 is 11.8 Å². The Morgan fingerprint density at radius 2 is 2.25 bits per heavy atom. The quantitative estimate of drug-likeness (QED) is 0.843. The fourth-order valence-electron chi connectivity index (χ4n) is 1.07. The van der Waals surface area contributed by atoms with Crippen LogP contribution >= 0.6 is 0 Å². The van der Waals surface area contributed by atoms with Gasteiger partial charge in [0.1, 0.15) is 12.3 Å². The van der Waals surface area contributed by atoms with Crippen LogP contribution in [-0.4, -0.2) is 16.7 Å². The molecule has 0 aliphatic carbocycles. The van der Waals surface area contributed by atoms with Gasteiger partial charge in [0.05, 0.1) is 5.69 Å². The lowest BCUT2D eigenvalue weighted by Crippen LogP contribution is -2.27. The maximum absolute atomic E-state index is 12.5. The van der Waals surface area contributed by atoms with Gasteiger partial charge in [-0.25, -0.2) is 9.18 Å². The van der Waals surface area contributed by atoms with E-state index in [9.17, 15) is 9.18 Å². The largest absolute Gasteiger partial charge is 0.444 e. The van der Waals surface area contributed by atoms with E-state index in [2.05, 4.69) is 10.3 Å². The van der Waals surface area contributed by atoms with Gasteiger partial charge in [0.15, 0.2) is 0 Å². The molecular formula is C11H15FN2O2. The standard InChI is InChI=1S/C11H15FN2O2/c1-11(2,3)16-10(15)14-9-4-5-13-7-8(9)6-12/h4-5,7H,6H2,1-3H3,(H,13,14,15). The van der Waals surface area contributed by atoms with Crippen molar-refractivity contribution in [1.82, 2.24) is 4.98 Å². The molecular weight excluding hydrogens is 211 g/mol. The van der Waals surface area contributed by atoms with Gasteiger partial charge in [0, 0.05) is 18.0 Å². The van der Waals surface area contributed by atoms with E-state index in [1.54, 1.807) is 20.8 Å². The summed E-state index contributed by atoms with van der Waals surface area (Å²) in [6.07, 6.45) is 2.24. The number of hydrogen-bond donors (Lipinski definition) is 1. The molecule has 0 radical (unpaired) electrons. The Morgan fingerprint density at radius 1 is 1.56 bits per heavy atom. The molecule has 0 fully saturated rings. The number of nitrogens with one attached hydrogen (secondary N) is 1. The number of amides is 1. The molecule has 1 amide bonds. The molecule has 0 saturated heterocycles. The molecule has 1 aromatic rings. The molecule has 1 rings (SSSR count). The molecule has 1 aromatic heterocycles. The van der Waals surface area contributed by atoms with Crippen LogP contribution in [0.25, 0.3) is 0 Å². The lowest BCUT2D eigenvalue weighted by atomic mass is 10.2. The summed E-state index contributed by atoms with van der Waals surface area (Å²) >= 11 is 0. The number of carbonyl (C=O) groups is 1. The van der Waals surface area contributed by atoms with Crippen molar-refractivity contribution in [2.75, 3.05) is 5.32 Å². The molecule has 5 heteroatoms. The van der Waals surface area contributed by atoms with Crippen LogP contribution in [0.1, 0.15) is 26.3 Å². The highest BCUT2D eigenvalue weighted by molar-refractivity contribution is 5.85. The summed E-state index contributed by atoms with van der Waals surface area (Å²) in [5.74, 6) is 0. The van der Waals surface area contributed by atoms with Crippen molar-refractivity contribution < 1.29 is 13.9 Å². The number of ether oxygens (including phenoxy) is 1. The average molecular weight is 226 g/mol. The van der Waals surface area contributed by atoms with Gasteiger partial charge in [-0.15, -0.1) is 0 Å². The predicted octanol–water partition coefficient (Wildman–Crippen LogP) is 2.90. The van der Waals surface area contributed by atoms with Gasteiger partial charge in [-0.2, -0.15) is 0 Å². The third-order valence-corrected chi connectivity index (χ3v) is 1.68. The van der Waals surface area contributed by atoms with E-state index in [1.807, 2.05) is 0 Å². The Balaban J connectivity index is 2.70. The van der Waals surface area contributed by atoms with Gasteiger partial charge in [-0.3, -0.25) is 10.3 Å². The molecule has 88 valence electrons. The van der Waals surface area contributed by atoms with E-state index in [1.165, 1.54) is 18.5 Å². The fourth-order valence-corrected chi connectivity index (χ4v) is 1.07. The number of rotatable bonds is 2. The Hall–Kier alpha value is -1.65. The van der Waals surface area contributed by atoms with Gasteiger partial charge in [-0.05, 0) is 26.8 Å². The van der Waals surface area contributed by atoms with Crippen LogP contribution in [-0.2, 0) is 11.4 Å². The van der Waals surface area contributed by atoms with Crippen LogP contribution in [0, 0.1) is 0 Å². The number of hydrogen-bond acceptors (Lipinski definition) is 3. The zero-order valence-electron chi connectivity index (χ0n) is 9.58. The number of alkyl halides is 1. The number of nitrogens with zero attached hydrogens (tertiary/aromatic N) is 1. The van der Waals surface area contributed by atoms with Crippen molar-refractivity contribution in [2.24, 2.45) is 0 Å². The second-order valence-corrected chi connectivity index (χ2v) is 4.29. The maximum Gasteiger partial charge on any atom is 0.412 e. The molecule has 0 aliphatic heterocycles. The first-order valence-corrected chi connectivity index (χ1v) is 4.91. The average Bonchev–Trinajstić information content (AvgIpc) is 2.15. The van der Waals surface area contributed by atoms with Crippen molar-refractivity contribution in [1.29, 1.82) is 0 Å². The minimum absolute atomic E-state index is 0.327. The number of halogens is 1. The Morgan fingerprint density at radius 3 is 2.81 bits per heavy atom. The fraction of sp³-hybridized carbons (Fsp3) is 0.455. The van der Waals surface area contributed by atoms with Crippen molar-refractivity contribution in [3.63, 3.8) is 0 Å².